The first-order valence-corrected chi connectivity index (χ1v) is 7.23. The molecule has 2 unspecified atom stereocenters. The van der Waals surface area contributed by atoms with Crippen LogP contribution in [-0.2, 0) is 15.1 Å². The second kappa shape index (κ2) is 6.86. The fourth-order valence-electron chi connectivity index (χ4n) is 2.54. The summed E-state index contributed by atoms with van der Waals surface area (Å²) in [5.41, 5.74) is 0.183. The smallest absolute Gasteiger partial charge is 0.220 e. The zero-order valence-corrected chi connectivity index (χ0v) is 12.0. The molecule has 4 nitrogen and oxygen atoms in total. The first-order valence-electron chi connectivity index (χ1n) is 7.23. The fraction of sp³-hybridized carbons (Fsp3) is 0.562. The van der Waals surface area contributed by atoms with E-state index in [1.165, 1.54) is 0 Å². The van der Waals surface area contributed by atoms with Gasteiger partial charge in [0.2, 0.25) is 5.91 Å². The van der Waals surface area contributed by atoms with E-state index in [9.17, 15) is 9.90 Å². The summed E-state index contributed by atoms with van der Waals surface area (Å²) in [6, 6.07) is 9.55. The SMILES string of the molecule is CC(CO)(NC(=O)CCC1CCCO1)c1ccccc1. The van der Waals surface area contributed by atoms with Crippen LogP contribution in [0.25, 0.3) is 0 Å². The predicted molar refractivity (Wildman–Crippen MR) is 77.2 cm³/mol. The van der Waals surface area contributed by atoms with Gasteiger partial charge in [-0.15, -0.1) is 0 Å². The molecule has 1 fully saturated rings. The molecule has 0 saturated carbocycles. The summed E-state index contributed by atoms with van der Waals surface area (Å²) in [7, 11) is 0. The summed E-state index contributed by atoms with van der Waals surface area (Å²) >= 11 is 0. The molecule has 1 aliphatic heterocycles. The van der Waals surface area contributed by atoms with Crippen LogP contribution in [0.3, 0.4) is 0 Å². The zero-order valence-electron chi connectivity index (χ0n) is 12.0. The lowest BCUT2D eigenvalue weighted by Crippen LogP contribution is -2.46. The number of rotatable bonds is 6. The van der Waals surface area contributed by atoms with Crippen LogP contribution in [0.1, 0.15) is 38.2 Å². The van der Waals surface area contributed by atoms with Crippen LogP contribution in [0.5, 0.6) is 0 Å². The summed E-state index contributed by atoms with van der Waals surface area (Å²) in [6.07, 6.45) is 3.54. The van der Waals surface area contributed by atoms with Gasteiger partial charge >= 0.3 is 0 Å². The molecular formula is C16H23NO3. The van der Waals surface area contributed by atoms with Gasteiger partial charge in [-0.25, -0.2) is 0 Å². The van der Waals surface area contributed by atoms with Crippen LogP contribution < -0.4 is 5.32 Å². The molecule has 1 saturated heterocycles. The third kappa shape index (κ3) is 3.81. The first kappa shape index (κ1) is 15.0. The van der Waals surface area contributed by atoms with Crippen LogP contribution in [0, 0.1) is 0 Å². The molecule has 1 aromatic carbocycles. The third-order valence-corrected chi connectivity index (χ3v) is 3.86. The molecule has 0 aliphatic carbocycles. The van der Waals surface area contributed by atoms with E-state index in [-0.39, 0.29) is 18.6 Å². The van der Waals surface area contributed by atoms with Crippen molar-refractivity contribution in [2.24, 2.45) is 0 Å². The summed E-state index contributed by atoms with van der Waals surface area (Å²) in [5, 5.41) is 12.6. The number of ether oxygens (including phenoxy) is 1. The second-order valence-corrected chi connectivity index (χ2v) is 5.58. The molecule has 0 spiro atoms. The third-order valence-electron chi connectivity index (χ3n) is 3.86. The molecule has 1 heterocycles. The van der Waals surface area contributed by atoms with Crippen molar-refractivity contribution in [3.8, 4) is 0 Å². The van der Waals surface area contributed by atoms with E-state index in [1.807, 2.05) is 37.3 Å². The molecule has 1 aromatic rings. The van der Waals surface area contributed by atoms with Gasteiger partial charge in [-0.3, -0.25) is 4.79 Å². The molecule has 20 heavy (non-hydrogen) atoms. The van der Waals surface area contributed by atoms with Gasteiger partial charge < -0.3 is 15.2 Å². The van der Waals surface area contributed by atoms with Crippen molar-refractivity contribution in [2.45, 2.75) is 44.2 Å². The van der Waals surface area contributed by atoms with Crippen molar-refractivity contribution < 1.29 is 14.6 Å². The molecule has 110 valence electrons. The summed E-state index contributed by atoms with van der Waals surface area (Å²) in [4.78, 5) is 12.1. The molecule has 2 atom stereocenters. The Morgan fingerprint density at radius 1 is 1.45 bits per heavy atom. The predicted octanol–water partition coefficient (Wildman–Crippen LogP) is 1.97. The van der Waals surface area contributed by atoms with Crippen LogP contribution in [0.15, 0.2) is 30.3 Å². The highest BCUT2D eigenvalue weighted by Crippen LogP contribution is 2.21. The molecule has 1 aliphatic rings. The Hall–Kier alpha value is -1.39. The average Bonchev–Trinajstić information content (AvgIpc) is 2.99. The van der Waals surface area contributed by atoms with Crippen molar-refractivity contribution in [1.82, 2.24) is 5.32 Å². The van der Waals surface area contributed by atoms with Gasteiger partial charge in [0.1, 0.15) is 0 Å². The number of amides is 1. The Morgan fingerprint density at radius 3 is 2.80 bits per heavy atom. The molecule has 0 radical (unpaired) electrons. The molecule has 1 amide bonds. The van der Waals surface area contributed by atoms with E-state index in [4.69, 9.17) is 4.74 Å². The highest BCUT2D eigenvalue weighted by Gasteiger charge is 2.28. The Labute approximate surface area is 120 Å². The van der Waals surface area contributed by atoms with Crippen LogP contribution in [-0.4, -0.2) is 30.3 Å². The number of hydrogen-bond donors (Lipinski definition) is 2. The van der Waals surface area contributed by atoms with E-state index in [0.717, 1.165) is 31.4 Å². The largest absolute Gasteiger partial charge is 0.394 e. The highest BCUT2D eigenvalue weighted by molar-refractivity contribution is 5.77. The molecule has 2 N–H and O–H groups in total. The minimum absolute atomic E-state index is 0.0408. The van der Waals surface area contributed by atoms with E-state index >= 15 is 0 Å². The topological polar surface area (TPSA) is 58.6 Å². The summed E-state index contributed by atoms with van der Waals surface area (Å²) in [6.45, 7) is 2.53. The van der Waals surface area contributed by atoms with Gasteiger partial charge in [-0.1, -0.05) is 30.3 Å². The lowest BCUT2D eigenvalue weighted by Gasteiger charge is -2.29. The fourth-order valence-corrected chi connectivity index (χ4v) is 2.54. The number of aliphatic hydroxyl groups is 1. The number of carbonyl (C=O) groups is 1. The summed E-state index contributed by atoms with van der Waals surface area (Å²) < 4.78 is 5.52. The van der Waals surface area contributed by atoms with E-state index in [1.54, 1.807) is 0 Å². The van der Waals surface area contributed by atoms with E-state index in [2.05, 4.69) is 5.32 Å². The number of aliphatic hydroxyl groups excluding tert-OH is 1. The molecule has 0 aromatic heterocycles. The van der Waals surface area contributed by atoms with Crippen molar-refractivity contribution in [2.75, 3.05) is 13.2 Å². The minimum Gasteiger partial charge on any atom is -0.394 e. The van der Waals surface area contributed by atoms with Crippen molar-refractivity contribution >= 4 is 5.91 Å². The molecule has 2 rings (SSSR count). The van der Waals surface area contributed by atoms with Crippen LogP contribution in [0.4, 0.5) is 0 Å². The van der Waals surface area contributed by atoms with Gasteiger partial charge in [0.15, 0.2) is 0 Å². The Morgan fingerprint density at radius 2 is 2.20 bits per heavy atom. The zero-order chi connectivity index (χ0) is 14.4. The first-order chi connectivity index (χ1) is 9.64. The quantitative estimate of drug-likeness (QED) is 0.836. The van der Waals surface area contributed by atoms with E-state index in [0.29, 0.717) is 6.42 Å². The van der Waals surface area contributed by atoms with Gasteiger partial charge in [-0.05, 0) is 31.7 Å². The van der Waals surface area contributed by atoms with Gasteiger partial charge in [0.25, 0.3) is 0 Å². The maximum atomic E-state index is 12.1. The maximum absolute atomic E-state index is 12.1. The molecule has 0 bridgehead atoms. The van der Waals surface area contributed by atoms with Gasteiger partial charge in [0, 0.05) is 13.0 Å². The number of carbonyl (C=O) groups excluding carboxylic acids is 1. The van der Waals surface area contributed by atoms with Gasteiger partial charge in [0.05, 0.1) is 18.2 Å². The normalized spacial score (nSPS) is 21.4. The maximum Gasteiger partial charge on any atom is 0.220 e. The minimum atomic E-state index is -0.727. The lowest BCUT2D eigenvalue weighted by molar-refractivity contribution is -0.124. The highest BCUT2D eigenvalue weighted by atomic mass is 16.5. The standard InChI is InChI=1S/C16H23NO3/c1-16(12-18,13-6-3-2-4-7-13)17-15(19)10-9-14-8-5-11-20-14/h2-4,6-7,14,18H,5,8-12H2,1H3,(H,17,19). The van der Waals surface area contributed by atoms with Crippen molar-refractivity contribution in [3.05, 3.63) is 35.9 Å². The molecular weight excluding hydrogens is 254 g/mol. The summed E-state index contributed by atoms with van der Waals surface area (Å²) in [5.74, 6) is -0.0408. The van der Waals surface area contributed by atoms with Crippen molar-refractivity contribution in [1.29, 1.82) is 0 Å². The Kier molecular flexibility index (Phi) is 5.15. The van der Waals surface area contributed by atoms with Crippen LogP contribution in [0.2, 0.25) is 0 Å². The number of hydrogen-bond acceptors (Lipinski definition) is 3. The second-order valence-electron chi connectivity index (χ2n) is 5.58. The van der Waals surface area contributed by atoms with Gasteiger partial charge in [-0.2, -0.15) is 0 Å². The lowest BCUT2D eigenvalue weighted by atomic mass is 9.92. The Bertz CT molecular complexity index is 429. The monoisotopic (exact) mass is 277 g/mol. The van der Waals surface area contributed by atoms with Crippen LogP contribution >= 0.6 is 0 Å². The van der Waals surface area contributed by atoms with Crippen molar-refractivity contribution in [3.63, 3.8) is 0 Å². The Balaban J connectivity index is 1.90. The average molecular weight is 277 g/mol. The van der Waals surface area contributed by atoms with E-state index < -0.39 is 5.54 Å². The number of nitrogens with one attached hydrogen (secondary N) is 1. The molecule has 4 heteroatoms. The number of benzene rings is 1.